The van der Waals surface area contributed by atoms with Crippen LogP contribution in [-0.2, 0) is 13.1 Å². The Bertz CT molecular complexity index is 332. The van der Waals surface area contributed by atoms with Crippen molar-refractivity contribution in [3.05, 3.63) is 18.7 Å². The summed E-state index contributed by atoms with van der Waals surface area (Å²) in [6.07, 6.45) is 13.2. The van der Waals surface area contributed by atoms with Gasteiger partial charge in [0, 0.05) is 0 Å². The van der Waals surface area contributed by atoms with Crippen molar-refractivity contribution >= 4 is 0 Å². The Kier molecular flexibility index (Phi) is 13.2. The van der Waals surface area contributed by atoms with Gasteiger partial charge >= 0.3 is 0 Å². The number of quaternary nitrogens is 1. The van der Waals surface area contributed by atoms with Gasteiger partial charge in [0.05, 0.1) is 40.8 Å². The molecule has 0 unspecified atom stereocenters. The number of hydrogen-bond donors (Lipinski definition) is 0. The van der Waals surface area contributed by atoms with Gasteiger partial charge in [0.2, 0.25) is 6.33 Å². The van der Waals surface area contributed by atoms with Gasteiger partial charge in [-0.1, -0.05) is 13.3 Å². The third-order valence-electron chi connectivity index (χ3n) is 3.26. The second-order valence-corrected chi connectivity index (χ2v) is 6.32. The van der Waals surface area contributed by atoms with Crippen molar-refractivity contribution in [1.29, 1.82) is 0 Å². The SMILES string of the molecule is CCCCn1cc[n+](CCCCC[N+](C)(C)C)c1.[Br-].[Br-]. The zero-order valence-electron chi connectivity index (χ0n) is 13.5. The van der Waals surface area contributed by atoms with Crippen LogP contribution in [0.5, 0.6) is 0 Å². The standard InChI is InChI=1S/C15H31N3.2BrH/c1-5-6-10-16-12-13-17(15-16)11-8-7-9-14-18(2,3)4;;/h12-13,15H,5-11,14H2,1-4H3;2*1H/q+2;;/p-2. The van der Waals surface area contributed by atoms with Crippen molar-refractivity contribution in [1.82, 2.24) is 4.57 Å². The van der Waals surface area contributed by atoms with Crippen molar-refractivity contribution < 1.29 is 43.0 Å². The Morgan fingerprint density at radius 2 is 1.70 bits per heavy atom. The molecule has 0 aliphatic carbocycles. The first kappa shape index (κ1) is 22.4. The molecule has 0 aromatic carbocycles. The molecule has 0 fully saturated rings. The molecule has 1 aromatic heterocycles. The summed E-state index contributed by atoms with van der Waals surface area (Å²) < 4.78 is 5.71. The van der Waals surface area contributed by atoms with E-state index in [-0.39, 0.29) is 34.0 Å². The summed E-state index contributed by atoms with van der Waals surface area (Å²) in [7, 11) is 6.80. The van der Waals surface area contributed by atoms with Gasteiger partial charge in [0.25, 0.3) is 0 Å². The largest absolute Gasteiger partial charge is 1.00 e. The van der Waals surface area contributed by atoms with Gasteiger partial charge in [0.1, 0.15) is 12.4 Å². The van der Waals surface area contributed by atoms with E-state index in [9.17, 15) is 0 Å². The number of rotatable bonds is 9. The van der Waals surface area contributed by atoms with E-state index in [1.807, 2.05) is 0 Å². The van der Waals surface area contributed by atoms with E-state index in [1.165, 1.54) is 38.6 Å². The smallest absolute Gasteiger partial charge is 0.243 e. The Balaban J connectivity index is 0. The van der Waals surface area contributed by atoms with Crippen LogP contribution in [-0.4, -0.2) is 36.7 Å². The lowest BCUT2D eigenvalue weighted by atomic mass is 10.2. The highest BCUT2D eigenvalue weighted by Gasteiger charge is 2.06. The Morgan fingerprint density at radius 3 is 2.30 bits per heavy atom. The summed E-state index contributed by atoms with van der Waals surface area (Å²) in [5.74, 6) is 0. The van der Waals surface area contributed by atoms with E-state index in [0.717, 1.165) is 17.6 Å². The van der Waals surface area contributed by atoms with Gasteiger partial charge in [-0.15, -0.1) is 0 Å². The third kappa shape index (κ3) is 10.9. The molecule has 20 heavy (non-hydrogen) atoms. The van der Waals surface area contributed by atoms with Crippen molar-refractivity contribution in [2.45, 2.75) is 52.1 Å². The quantitative estimate of drug-likeness (QED) is 0.226. The molecule has 1 aromatic rings. The Morgan fingerprint density at radius 1 is 1.00 bits per heavy atom. The van der Waals surface area contributed by atoms with Crippen LogP contribution in [0.3, 0.4) is 0 Å². The second-order valence-electron chi connectivity index (χ2n) is 6.32. The lowest BCUT2D eigenvalue weighted by Gasteiger charge is -2.23. The van der Waals surface area contributed by atoms with Gasteiger partial charge in [-0.25, -0.2) is 9.13 Å². The van der Waals surface area contributed by atoms with Crippen molar-refractivity contribution in [3.8, 4) is 0 Å². The fraction of sp³-hybridized carbons (Fsp3) is 0.800. The first-order valence-corrected chi connectivity index (χ1v) is 7.36. The van der Waals surface area contributed by atoms with Crippen LogP contribution in [0.15, 0.2) is 18.7 Å². The minimum Gasteiger partial charge on any atom is -1.00 e. The third-order valence-corrected chi connectivity index (χ3v) is 3.26. The number of halogens is 2. The molecule has 5 heteroatoms. The van der Waals surface area contributed by atoms with Crippen LogP contribution in [0.4, 0.5) is 0 Å². The number of unbranched alkanes of at least 4 members (excludes halogenated alkanes) is 3. The van der Waals surface area contributed by atoms with Gasteiger partial charge in [0.15, 0.2) is 0 Å². The molecule has 0 N–H and O–H groups in total. The molecule has 3 nitrogen and oxygen atoms in total. The van der Waals surface area contributed by atoms with Gasteiger partial charge in [-0.2, -0.15) is 0 Å². The van der Waals surface area contributed by atoms with E-state index < -0.39 is 0 Å². The zero-order chi connectivity index (χ0) is 13.4. The average Bonchev–Trinajstić information content (AvgIpc) is 2.72. The number of imidazole rings is 1. The molecule has 0 atom stereocenters. The van der Waals surface area contributed by atoms with Gasteiger partial charge in [-0.3, -0.25) is 0 Å². The lowest BCUT2D eigenvalue weighted by Crippen LogP contribution is -3.00. The average molecular weight is 413 g/mol. The first-order valence-electron chi connectivity index (χ1n) is 7.36. The maximum absolute atomic E-state index is 2.32. The topological polar surface area (TPSA) is 8.81 Å². The molecule has 1 heterocycles. The second kappa shape index (κ2) is 11.8. The lowest BCUT2D eigenvalue weighted by molar-refractivity contribution is -0.870. The highest BCUT2D eigenvalue weighted by Crippen LogP contribution is 2.01. The van der Waals surface area contributed by atoms with Crippen molar-refractivity contribution in [2.75, 3.05) is 27.7 Å². The highest BCUT2D eigenvalue weighted by molar-refractivity contribution is 4.65. The van der Waals surface area contributed by atoms with Crippen molar-refractivity contribution in [2.24, 2.45) is 0 Å². The van der Waals surface area contributed by atoms with E-state index in [4.69, 9.17) is 0 Å². The summed E-state index contributed by atoms with van der Waals surface area (Å²) in [6.45, 7) is 5.84. The van der Waals surface area contributed by atoms with E-state index >= 15 is 0 Å². The molecule has 0 radical (unpaired) electrons. The predicted molar refractivity (Wildman–Crippen MR) is 76.3 cm³/mol. The van der Waals surface area contributed by atoms with E-state index in [1.54, 1.807) is 0 Å². The highest BCUT2D eigenvalue weighted by atomic mass is 79.9. The van der Waals surface area contributed by atoms with E-state index in [0.29, 0.717) is 0 Å². The number of aryl methyl sites for hydroxylation is 2. The zero-order valence-corrected chi connectivity index (χ0v) is 16.7. The maximum Gasteiger partial charge on any atom is 0.243 e. The summed E-state index contributed by atoms with van der Waals surface area (Å²) in [6, 6.07) is 0. The Labute approximate surface area is 146 Å². The van der Waals surface area contributed by atoms with Crippen molar-refractivity contribution in [3.63, 3.8) is 0 Å². The van der Waals surface area contributed by atoms with Gasteiger partial charge < -0.3 is 38.4 Å². The minimum atomic E-state index is 0. The van der Waals surface area contributed by atoms with Crippen LogP contribution in [0.2, 0.25) is 0 Å². The number of hydrogen-bond acceptors (Lipinski definition) is 0. The molecule has 0 aliphatic heterocycles. The molecule has 1 rings (SSSR count). The molecule has 0 saturated heterocycles. The summed E-state index contributed by atoms with van der Waals surface area (Å²) in [4.78, 5) is 0. The minimum absolute atomic E-state index is 0. The molecular formula is C15H31Br2N3. The van der Waals surface area contributed by atoms with Crippen LogP contribution >= 0.6 is 0 Å². The molecule has 120 valence electrons. The summed E-state index contributed by atoms with van der Waals surface area (Å²) in [5, 5.41) is 0. The fourth-order valence-electron chi connectivity index (χ4n) is 2.10. The molecule has 0 aliphatic rings. The predicted octanol–water partition coefficient (Wildman–Crippen LogP) is -3.54. The normalized spacial score (nSPS) is 10.8. The summed E-state index contributed by atoms with van der Waals surface area (Å²) in [5.41, 5.74) is 0. The number of nitrogens with zero attached hydrogens (tertiary/aromatic N) is 3. The van der Waals surface area contributed by atoms with E-state index in [2.05, 4.69) is 55.9 Å². The fourth-order valence-corrected chi connectivity index (χ4v) is 2.10. The maximum atomic E-state index is 2.32. The van der Waals surface area contributed by atoms with Crippen LogP contribution in [0.25, 0.3) is 0 Å². The van der Waals surface area contributed by atoms with Crippen LogP contribution in [0.1, 0.15) is 39.0 Å². The number of aromatic nitrogens is 2. The van der Waals surface area contributed by atoms with Crippen LogP contribution < -0.4 is 38.5 Å². The monoisotopic (exact) mass is 411 g/mol. The Hall–Kier alpha value is 0.130. The first-order chi connectivity index (χ1) is 8.51. The molecule has 0 bridgehead atoms. The molecule has 0 saturated carbocycles. The molecule has 0 spiro atoms. The molecule has 0 amide bonds. The van der Waals surface area contributed by atoms with Gasteiger partial charge in [-0.05, 0) is 25.7 Å². The molecular weight excluding hydrogens is 382 g/mol. The summed E-state index contributed by atoms with van der Waals surface area (Å²) >= 11 is 0. The van der Waals surface area contributed by atoms with Crippen LogP contribution in [0, 0.1) is 0 Å².